The van der Waals surface area contributed by atoms with E-state index in [-0.39, 0.29) is 5.82 Å². The van der Waals surface area contributed by atoms with Gasteiger partial charge in [-0.15, -0.1) is 10.2 Å². The number of benzene rings is 2. The molecule has 0 aliphatic carbocycles. The van der Waals surface area contributed by atoms with E-state index in [0.717, 1.165) is 20.1 Å². The molecule has 7 heteroatoms. The minimum Gasteiger partial charge on any atom is -0.356 e. The average Bonchev–Trinajstić information content (AvgIpc) is 3.01. The second-order valence-corrected chi connectivity index (χ2v) is 7.31. The molecule has 0 amide bonds. The highest BCUT2D eigenvalue weighted by Crippen LogP contribution is 2.29. The highest BCUT2D eigenvalue weighted by Gasteiger charge is 2.08. The minimum absolute atomic E-state index is 0.193. The molecule has 3 aromatic rings. The van der Waals surface area contributed by atoms with E-state index in [1.807, 2.05) is 30.3 Å². The lowest BCUT2D eigenvalue weighted by Gasteiger charge is -2.03. The fourth-order valence-electron chi connectivity index (χ4n) is 1.91. The molecule has 0 saturated carbocycles. The molecular formula is C16H13ClFN3S2. The molecule has 0 aliphatic heterocycles. The first-order valence-electron chi connectivity index (χ1n) is 6.89. The van der Waals surface area contributed by atoms with Crippen LogP contribution in [-0.4, -0.2) is 10.2 Å². The largest absolute Gasteiger partial charge is 0.356 e. The van der Waals surface area contributed by atoms with Gasteiger partial charge >= 0.3 is 0 Å². The number of aromatic nitrogens is 2. The summed E-state index contributed by atoms with van der Waals surface area (Å²) in [4.78, 5) is 0. The molecule has 0 radical (unpaired) electrons. The highest BCUT2D eigenvalue weighted by molar-refractivity contribution is 8.00. The minimum atomic E-state index is -0.193. The zero-order chi connectivity index (χ0) is 16.1. The van der Waals surface area contributed by atoms with Crippen molar-refractivity contribution in [3.05, 3.63) is 70.5 Å². The van der Waals surface area contributed by atoms with Crippen LogP contribution in [0.15, 0.2) is 52.9 Å². The molecule has 1 N–H and O–H groups in total. The van der Waals surface area contributed by atoms with Gasteiger partial charge in [-0.3, -0.25) is 0 Å². The molecule has 23 heavy (non-hydrogen) atoms. The van der Waals surface area contributed by atoms with Crippen LogP contribution in [0.1, 0.15) is 11.1 Å². The first-order valence-corrected chi connectivity index (χ1v) is 9.07. The van der Waals surface area contributed by atoms with Crippen molar-refractivity contribution in [1.29, 1.82) is 0 Å². The van der Waals surface area contributed by atoms with Gasteiger partial charge in [0.1, 0.15) is 5.82 Å². The smallest absolute Gasteiger partial charge is 0.206 e. The van der Waals surface area contributed by atoms with Gasteiger partial charge in [0.2, 0.25) is 5.13 Å². The lowest BCUT2D eigenvalue weighted by Crippen LogP contribution is -1.99. The third-order valence-electron chi connectivity index (χ3n) is 3.10. The van der Waals surface area contributed by atoms with E-state index in [1.54, 1.807) is 12.1 Å². The van der Waals surface area contributed by atoms with Crippen LogP contribution in [0.5, 0.6) is 0 Å². The molecule has 0 saturated heterocycles. The summed E-state index contributed by atoms with van der Waals surface area (Å²) < 4.78 is 14.4. The van der Waals surface area contributed by atoms with Crippen molar-refractivity contribution in [2.24, 2.45) is 0 Å². The van der Waals surface area contributed by atoms with Crippen molar-refractivity contribution in [3.8, 4) is 0 Å². The Bertz CT molecular complexity index is 730. The number of thioether (sulfide) groups is 1. The summed E-state index contributed by atoms with van der Waals surface area (Å²) in [6, 6.07) is 14.4. The molecule has 118 valence electrons. The van der Waals surface area contributed by atoms with Crippen molar-refractivity contribution in [3.63, 3.8) is 0 Å². The maximum absolute atomic E-state index is 13.6. The fourth-order valence-corrected chi connectivity index (χ4v) is 3.84. The summed E-state index contributed by atoms with van der Waals surface area (Å²) in [7, 11) is 0. The predicted octanol–water partition coefficient (Wildman–Crippen LogP) is 5.24. The molecule has 2 aromatic carbocycles. The van der Waals surface area contributed by atoms with Crippen LogP contribution in [0.3, 0.4) is 0 Å². The third kappa shape index (κ3) is 4.43. The van der Waals surface area contributed by atoms with Crippen LogP contribution >= 0.6 is 34.7 Å². The average molecular weight is 366 g/mol. The predicted molar refractivity (Wildman–Crippen MR) is 94.6 cm³/mol. The first-order chi connectivity index (χ1) is 11.2. The number of nitrogens with one attached hydrogen (secondary N) is 1. The molecule has 0 fully saturated rings. The van der Waals surface area contributed by atoms with E-state index in [1.165, 1.54) is 29.2 Å². The zero-order valence-corrected chi connectivity index (χ0v) is 14.4. The van der Waals surface area contributed by atoms with Gasteiger partial charge in [-0.05, 0) is 23.3 Å². The van der Waals surface area contributed by atoms with Crippen LogP contribution in [0.4, 0.5) is 9.52 Å². The van der Waals surface area contributed by atoms with E-state index in [0.29, 0.717) is 17.9 Å². The van der Waals surface area contributed by atoms with Gasteiger partial charge in [-0.1, -0.05) is 71.1 Å². The van der Waals surface area contributed by atoms with Gasteiger partial charge in [0.05, 0.1) is 0 Å². The molecule has 0 atom stereocenters. The van der Waals surface area contributed by atoms with Crippen molar-refractivity contribution in [2.45, 2.75) is 16.6 Å². The van der Waals surface area contributed by atoms with Crippen molar-refractivity contribution < 1.29 is 4.39 Å². The van der Waals surface area contributed by atoms with Crippen molar-refractivity contribution >= 4 is 39.8 Å². The molecule has 0 unspecified atom stereocenters. The molecule has 1 aromatic heterocycles. The Morgan fingerprint density at radius 3 is 2.57 bits per heavy atom. The summed E-state index contributed by atoms with van der Waals surface area (Å²) in [6.45, 7) is 0.590. The number of halogens is 2. The molecule has 3 nitrogen and oxygen atoms in total. The maximum atomic E-state index is 13.6. The van der Waals surface area contributed by atoms with Gasteiger partial charge in [0.15, 0.2) is 4.34 Å². The van der Waals surface area contributed by atoms with Gasteiger partial charge in [-0.2, -0.15) is 0 Å². The Hall–Kier alpha value is -1.63. The van der Waals surface area contributed by atoms with Crippen LogP contribution < -0.4 is 5.32 Å². The molecule has 1 heterocycles. The summed E-state index contributed by atoms with van der Waals surface area (Å²) in [6.07, 6.45) is 0. The van der Waals surface area contributed by atoms with Crippen molar-refractivity contribution in [2.75, 3.05) is 5.32 Å². The van der Waals surface area contributed by atoms with Crippen LogP contribution in [0, 0.1) is 5.82 Å². The molecule has 0 bridgehead atoms. The fraction of sp³-hybridized carbons (Fsp3) is 0.125. The lowest BCUT2D eigenvalue weighted by molar-refractivity contribution is 0.617. The first kappa shape index (κ1) is 16.2. The molecule has 0 aliphatic rings. The number of hydrogen-bond acceptors (Lipinski definition) is 5. The summed E-state index contributed by atoms with van der Waals surface area (Å²) in [5.41, 5.74) is 1.67. The lowest BCUT2D eigenvalue weighted by atomic mass is 10.2. The number of anilines is 1. The standard InChI is InChI=1S/C16H13ClFN3S2/c17-13-7-3-1-5-11(13)9-19-15-20-21-16(23-15)22-10-12-6-2-4-8-14(12)18/h1-8H,9-10H2,(H,19,20). The Kier molecular flexibility index (Phi) is 5.48. The van der Waals surface area contributed by atoms with Gasteiger partial charge < -0.3 is 5.32 Å². The summed E-state index contributed by atoms with van der Waals surface area (Å²) in [5, 5.41) is 12.9. The van der Waals surface area contributed by atoms with E-state index >= 15 is 0 Å². The Labute approximate surface area is 146 Å². The van der Waals surface area contributed by atoms with Gasteiger partial charge in [0.25, 0.3) is 0 Å². The topological polar surface area (TPSA) is 37.8 Å². The third-order valence-corrected chi connectivity index (χ3v) is 5.54. The van der Waals surface area contributed by atoms with Crippen LogP contribution in [0.25, 0.3) is 0 Å². The Morgan fingerprint density at radius 2 is 1.78 bits per heavy atom. The Balaban J connectivity index is 1.56. The van der Waals surface area contributed by atoms with E-state index in [4.69, 9.17) is 11.6 Å². The zero-order valence-electron chi connectivity index (χ0n) is 12.0. The number of hydrogen-bond donors (Lipinski definition) is 1. The molecule has 0 spiro atoms. The molecular weight excluding hydrogens is 353 g/mol. The normalized spacial score (nSPS) is 10.7. The second-order valence-electron chi connectivity index (χ2n) is 4.70. The summed E-state index contributed by atoms with van der Waals surface area (Å²) >= 11 is 9.04. The molecule has 3 rings (SSSR count). The highest BCUT2D eigenvalue weighted by atomic mass is 35.5. The van der Waals surface area contributed by atoms with Gasteiger partial charge in [-0.25, -0.2) is 4.39 Å². The number of nitrogens with zero attached hydrogens (tertiary/aromatic N) is 2. The summed E-state index contributed by atoms with van der Waals surface area (Å²) in [5.74, 6) is 0.341. The monoisotopic (exact) mass is 365 g/mol. The van der Waals surface area contributed by atoms with E-state index in [9.17, 15) is 4.39 Å². The van der Waals surface area contributed by atoms with Crippen LogP contribution in [-0.2, 0) is 12.3 Å². The Morgan fingerprint density at radius 1 is 1.04 bits per heavy atom. The maximum Gasteiger partial charge on any atom is 0.206 e. The van der Waals surface area contributed by atoms with E-state index in [2.05, 4.69) is 15.5 Å². The quantitative estimate of drug-likeness (QED) is 0.606. The van der Waals surface area contributed by atoms with Crippen LogP contribution in [0.2, 0.25) is 5.02 Å². The van der Waals surface area contributed by atoms with Crippen molar-refractivity contribution in [1.82, 2.24) is 10.2 Å². The van der Waals surface area contributed by atoms with Gasteiger partial charge in [0, 0.05) is 17.3 Å². The van der Waals surface area contributed by atoms with E-state index < -0.39 is 0 Å². The number of rotatable bonds is 6. The second kappa shape index (κ2) is 7.77. The SMILES string of the molecule is Fc1ccccc1CSc1nnc(NCc2ccccc2Cl)s1.